The van der Waals surface area contributed by atoms with Crippen LogP contribution in [0.2, 0.25) is 5.02 Å². The predicted molar refractivity (Wildman–Crippen MR) is 63.4 cm³/mol. The third-order valence-electron chi connectivity index (χ3n) is 2.36. The molecule has 0 unspecified atom stereocenters. The normalized spacial score (nSPS) is 11.3. The van der Waals surface area contributed by atoms with Gasteiger partial charge in [0.15, 0.2) is 0 Å². The van der Waals surface area contributed by atoms with E-state index in [0.717, 1.165) is 4.68 Å². The molecule has 0 aliphatic carbocycles. The monoisotopic (exact) mass is 285 g/mol. The van der Waals surface area contributed by atoms with E-state index >= 15 is 0 Å². The molecule has 0 N–H and O–H groups in total. The fourth-order valence-electron chi connectivity index (χ4n) is 1.60. The fourth-order valence-corrected chi connectivity index (χ4v) is 1.78. The van der Waals surface area contributed by atoms with Crippen molar-refractivity contribution in [1.82, 2.24) is 9.78 Å². The molecule has 19 heavy (non-hydrogen) atoms. The van der Waals surface area contributed by atoms with Crippen molar-refractivity contribution in [2.24, 2.45) is 0 Å². The molecular formula is C12H7ClF3N3. The number of hydrogen-bond donors (Lipinski definition) is 0. The SMILES string of the molecule is N#Cc1ccc(Cl)cc1-c1ccn(CC(F)(F)F)n1. The van der Waals surface area contributed by atoms with Crippen LogP contribution in [0.4, 0.5) is 13.2 Å². The van der Waals surface area contributed by atoms with Gasteiger partial charge in [-0.3, -0.25) is 4.68 Å². The molecule has 1 aromatic heterocycles. The first-order valence-electron chi connectivity index (χ1n) is 5.19. The number of nitrogens with zero attached hydrogens (tertiary/aromatic N) is 3. The van der Waals surface area contributed by atoms with Crippen molar-refractivity contribution < 1.29 is 13.2 Å². The molecule has 0 aliphatic rings. The lowest BCUT2D eigenvalue weighted by molar-refractivity contribution is -0.142. The molecule has 0 amide bonds. The number of halogens is 4. The predicted octanol–water partition coefficient (Wildman–Crippen LogP) is 3.64. The van der Waals surface area contributed by atoms with Gasteiger partial charge in [-0.2, -0.15) is 23.5 Å². The first-order chi connectivity index (χ1) is 8.89. The lowest BCUT2D eigenvalue weighted by Crippen LogP contribution is -2.17. The summed E-state index contributed by atoms with van der Waals surface area (Å²) in [6.45, 7) is -1.17. The fraction of sp³-hybridized carbons (Fsp3) is 0.167. The van der Waals surface area contributed by atoms with E-state index < -0.39 is 12.7 Å². The number of benzene rings is 1. The highest BCUT2D eigenvalue weighted by Gasteiger charge is 2.28. The van der Waals surface area contributed by atoms with E-state index in [1.165, 1.54) is 30.5 Å². The van der Waals surface area contributed by atoms with Gasteiger partial charge < -0.3 is 0 Å². The van der Waals surface area contributed by atoms with E-state index in [4.69, 9.17) is 16.9 Å². The maximum atomic E-state index is 12.2. The van der Waals surface area contributed by atoms with Gasteiger partial charge in [0, 0.05) is 16.8 Å². The first kappa shape index (κ1) is 13.4. The van der Waals surface area contributed by atoms with Gasteiger partial charge in [0.05, 0.1) is 17.3 Å². The van der Waals surface area contributed by atoms with Crippen LogP contribution in [0.3, 0.4) is 0 Å². The van der Waals surface area contributed by atoms with Gasteiger partial charge in [-0.25, -0.2) is 0 Å². The minimum absolute atomic E-state index is 0.281. The Morgan fingerprint density at radius 3 is 2.68 bits per heavy atom. The van der Waals surface area contributed by atoms with Gasteiger partial charge in [0.2, 0.25) is 0 Å². The lowest BCUT2D eigenvalue weighted by Gasteiger charge is -2.05. The number of alkyl halides is 3. The summed E-state index contributed by atoms with van der Waals surface area (Å²) in [5.41, 5.74) is 1.00. The molecule has 1 heterocycles. The molecule has 0 bridgehead atoms. The van der Waals surface area contributed by atoms with Crippen LogP contribution < -0.4 is 0 Å². The van der Waals surface area contributed by atoms with E-state index in [1.54, 1.807) is 0 Å². The highest BCUT2D eigenvalue weighted by Crippen LogP contribution is 2.26. The van der Waals surface area contributed by atoms with Gasteiger partial charge in [0.1, 0.15) is 6.54 Å². The van der Waals surface area contributed by atoms with Crippen LogP contribution in [0.1, 0.15) is 5.56 Å². The quantitative estimate of drug-likeness (QED) is 0.845. The Morgan fingerprint density at radius 1 is 1.32 bits per heavy atom. The lowest BCUT2D eigenvalue weighted by atomic mass is 10.1. The Bertz CT molecular complexity index is 640. The molecule has 0 saturated heterocycles. The summed E-state index contributed by atoms with van der Waals surface area (Å²) >= 11 is 5.81. The van der Waals surface area contributed by atoms with Crippen molar-refractivity contribution >= 4 is 11.6 Å². The Balaban J connectivity index is 2.38. The summed E-state index contributed by atoms with van der Waals surface area (Å²) in [4.78, 5) is 0. The zero-order valence-electron chi connectivity index (χ0n) is 9.45. The molecule has 2 aromatic rings. The third-order valence-corrected chi connectivity index (χ3v) is 2.60. The van der Waals surface area contributed by atoms with Gasteiger partial charge in [0.25, 0.3) is 0 Å². The number of rotatable bonds is 2. The molecule has 0 saturated carbocycles. The molecule has 2 rings (SSSR count). The van der Waals surface area contributed by atoms with Crippen LogP contribution in [0.5, 0.6) is 0 Å². The second kappa shape index (κ2) is 4.94. The maximum Gasteiger partial charge on any atom is 0.408 e. The van der Waals surface area contributed by atoms with Crippen LogP contribution in [-0.2, 0) is 6.54 Å². The Morgan fingerprint density at radius 2 is 2.05 bits per heavy atom. The smallest absolute Gasteiger partial charge is 0.263 e. The van der Waals surface area contributed by atoms with E-state index in [2.05, 4.69) is 5.10 Å². The van der Waals surface area contributed by atoms with Crippen LogP contribution in [0.15, 0.2) is 30.5 Å². The first-order valence-corrected chi connectivity index (χ1v) is 5.57. The van der Waals surface area contributed by atoms with Crippen LogP contribution in [-0.4, -0.2) is 16.0 Å². The summed E-state index contributed by atoms with van der Waals surface area (Å²) in [6, 6.07) is 7.90. The third kappa shape index (κ3) is 3.26. The van der Waals surface area contributed by atoms with Crippen molar-refractivity contribution in [1.29, 1.82) is 5.26 Å². The molecule has 98 valence electrons. The second-order valence-electron chi connectivity index (χ2n) is 3.82. The molecule has 0 spiro atoms. The van der Waals surface area contributed by atoms with Crippen molar-refractivity contribution in [2.45, 2.75) is 12.7 Å². The topological polar surface area (TPSA) is 41.6 Å². The minimum atomic E-state index is -4.34. The second-order valence-corrected chi connectivity index (χ2v) is 4.25. The number of hydrogen-bond acceptors (Lipinski definition) is 2. The number of aromatic nitrogens is 2. The van der Waals surface area contributed by atoms with E-state index in [9.17, 15) is 13.2 Å². The van der Waals surface area contributed by atoms with Crippen LogP contribution in [0.25, 0.3) is 11.3 Å². The van der Waals surface area contributed by atoms with Crippen LogP contribution >= 0.6 is 11.6 Å². The highest BCUT2D eigenvalue weighted by molar-refractivity contribution is 6.30. The molecule has 0 radical (unpaired) electrons. The molecule has 0 fully saturated rings. The van der Waals surface area contributed by atoms with Crippen molar-refractivity contribution in [3.8, 4) is 17.3 Å². The van der Waals surface area contributed by atoms with Crippen molar-refractivity contribution in [2.75, 3.05) is 0 Å². The zero-order chi connectivity index (χ0) is 14.0. The van der Waals surface area contributed by atoms with E-state index in [0.29, 0.717) is 16.1 Å². The average Bonchev–Trinajstić information content (AvgIpc) is 2.75. The largest absolute Gasteiger partial charge is 0.408 e. The van der Waals surface area contributed by atoms with Gasteiger partial charge in [-0.15, -0.1) is 0 Å². The minimum Gasteiger partial charge on any atom is -0.263 e. The summed E-state index contributed by atoms with van der Waals surface area (Å²) in [5, 5.41) is 13.1. The summed E-state index contributed by atoms with van der Waals surface area (Å²) in [5.74, 6) is 0. The molecule has 0 aliphatic heterocycles. The van der Waals surface area contributed by atoms with Crippen molar-refractivity contribution in [3.05, 3.63) is 41.0 Å². The van der Waals surface area contributed by atoms with Crippen molar-refractivity contribution in [3.63, 3.8) is 0 Å². The average molecular weight is 286 g/mol. The Kier molecular flexibility index (Phi) is 3.49. The summed E-state index contributed by atoms with van der Waals surface area (Å²) in [7, 11) is 0. The number of nitriles is 1. The van der Waals surface area contributed by atoms with Gasteiger partial charge in [-0.1, -0.05) is 11.6 Å². The van der Waals surface area contributed by atoms with E-state index in [1.807, 2.05) is 6.07 Å². The molecule has 7 heteroatoms. The standard InChI is InChI=1S/C12H7ClF3N3/c13-9-2-1-8(6-17)10(5-9)11-3-4-19(18-11)7-12(14,15)16/h1-5H,7H2. The van der Waals surface area contributed by atoms with Gasteiger partial charge >= 0.3 is 6.18 Å². The maximum absolute atomic E-state index is 12.2. The Labute approximate surface area is 111 Å². The zero-order valence-corrected chi connectivity index (χ0v) is 10.2. The highest BCUT2D eigenvalue weighted by atomic mass is 35.5. The molecule has 1 aromatic carbocycles. The van der Waals surface area contributed by atoms with E-state index in [-0.39, 0.29) is 5.69 Å². The summed E-state index contributed by atoms with van der Waals surface area (Å²) < 4.78 is 37.5. The molecule has 0 atom stereocenters. The summed E-state index contributed by atoms with van der Waals surface area (Å²) in [6.07, 6.45) is -3.12. The van der Waals surface area contributed by atoms with Gasteiger partial charge in [-0.05, 0) is 24.3 Å². The molecule has 3 nitrogen and oxygen atoms in total. The Hall–Kier alpha value is -2.00. The molecular weight excluding hydrogens is 279 g/mol. The van der Waals surface area contributed by atoms with Crippen LogP contribution in [0, 0.1) is 11.3 Å².